The first-order valence-electron chi connectivity index (χ1n) is 13.8. The molecule has 0 spiro atoms. The molecular weight excluding hydrogens is 524 g/mol. The normalized spacial score (nSPS) is 11.2. The minimum absolute atomic E-state index is 0.221. The van der Waals surface area contributed by atoms with Gasteiger partial charge in [0.05, 0.1) is 12.6 Å². The van der Waals surface area contributed by atoms with Gasteiger partial charge in [0, 0.05) is 47.4 Å². The smallest absolute Gasteiger partial charge is 0.410 e. The summed E-state index contributed by atoms with van der Waals surface area (Å²) in [5.41, 5.74) is 10.3. The molecule has 1 amide bonds. The second-order valence-electron chi connectivity index (χ2n) is 9.51. The van der Waals surface area contributed by atoms with E-state index in [0.717, 1.165) is 28.1 Å². The molecular formula is C32H43ClN4O3. The first-order chi connectivity index (χ1) is 19.2. The highest BCUT2D eigenvalue weighted by atomic mass is 35.5. The van der Waals surface area contributed by atoms with E-state index in [2.05, 4.69) is 16.9 Å². The van der Waals surface area contributed by atoms with Crippen molar-refractivity contribution in [1.29, 1.82) is 0 Å². The van der Waals surface area contributed by atoms with Gasteiger partial charge in [-0.1, -0.05) is 58.0 Å². The molecule has 216 valence electrons. The van der Waals surface area contributed by atoms with Crippen molar-refractivity contribution >= 4 is 34.6 Å². The van der Waals surface area contributed by atoms with Crippen molar-refractivity contribution in [2.24, 2.45) is 5.92 Å². The molecule has 1 heterocycles. The number of hydrogen-bond donors (Lipinski definition) is 2. The van der Waals surface area contributed by atoms with E-state index >= 15 is 0 Å². The summed E-state index contributed by atoms with van der Waals surface area (Å²) in [5, 5.41) is 3.88. The Balaban J connectivity index is 0.00000274. The number of ether oxygens (including phenoxy) is 2. The predicted molar refractivity (Wildman–Crippen MR) is 167 cm³/mol. The minimum atomic E-state index is -0.361. The molecule has 7 nitrogen and oxygen atoms in total. The van der Waals surface area contributed by atoms with Crippen LogP contribution in [0.1, 0.15) is 58.2 Å². The lowest BCUT2D eigenvalue weighted by Crippen LogP contribution is -2.35. The Morgan fingerprint density at radius 2 is 1.75 bits per heavy atom. The third-order valence-electron chi connectivity index (χ3n) is 6.04. The van der Waals surface area contributed by atoms with Gasteiger partial charge in [0.1, 0.15) is 12.4 Å². The molecule has 0 saturated heterocycles. The summed E-state index contributed by atoms with van der Waals surface area (Å²) in [6.45, 7) is 16.1. The van der Waals surface area contributed by atoms with E-state index in [9.17, 15) is 4.79 Å². The Bertz CT molecular complexity index is 1190. The van der Waals surface area contributed by atoms with Crippen LogP contribution in [0, 0.1) is 5.92 Å². The Hall–Kier alpha value is -3.71. The largest absolute Gasteiger partial charge is 0.492 e. The van der Waals surface area contributed by atoms with Gasteiger partial charge in [-0.3, -0.25) is 4.98 Å². The fourth-order valence-electron chi connectivity index (χ4n) is 3.85. The molecule has 0 aliphatic rings. The molecule has 3 N–H and O–H groups in total. The summed E-state index contributed by atoms with van der Waals surface area (Å²) in [6.07, 6.45) is 3.65. The van der Waals surface area contributed by atoms with Crippen molar-refractivity contribution < 1.29 is 14.3 Å². The van der Waals surface area contributed by atoms with Crippen molar-refractivity contribution in [3.8, 4) is 5.75 Å². The molecule has 1 unspecified atom stereocenters. The molecule has 0 aliphatic heterocycles. The zero-order chi connectivity index (χ0) is 29.5. The maximum atomic E-state index is 13.1. The summed E-state index contributed by atoms with van der Waals surface area (Å²) in [5.74, 6) is 0.998. The van der Waals surface area contributed by atoms with Crippen LogP contribution in [0.2, 0.25) is 5.02 Å². The Morgan fingerprint density at radius 3 is 2.40 bits per heavy atom. The molecule has 0 radical (unpaired) electrons. The van der Waals surface area contributed by atoms with Gasteiger partial charge in [0.2, 0.25) is 0 Å². The molecule has 0 fully saturated rings. The van der Waals surface area contributed by atoms with Crippen molar-refractivity contribution in [3.05, 3.63) is 89.7 Å². The van der Waals surface area contributed by atoms with Crippen molar-refractivity contribution in [1.82, 2.24) is 9.88 Å². The number of rotatable bonds is 13. The van der Waals surface area contributed by atoms with Crippen molar-refractivity contribution in [3.63, 3.8) is 0 Å². The number of anilines is 2. The number of nitrogens with two attached hydrogens (primary N) is 1. The number of nitrogens with zero attached hydrogens (tertiary/aromatic N) is 2. The number of carbonyl (C=O) groups excluding carboxylic acids is 1. The van der Waals surface area contributed by atoms with Gasteiger partial charge in [-0.25, -0.2) is 4.79 Å². The second kappa shape index (κ2) is 17.1. The molecule has 2 aromatic carbocycles. The molecule has 40 heavy (non-hydrogen) atoms. The summed E-state index contributed by atoms with van der Waals surface area (Å²) in [7, 11) is 0. The average Bonchev–Trinajstić information content (AvgIpc) is 2.97. The third kappa shape index (κ3) is 10.5. The van der Waals surface area contributed by atoms with E-state index in [1.54, 1.807) is 35.5 Å². The van der Waals surface area contributed by atoms with Crippen LogP contribution in [0.4, 0.5) is 16.2 Å². The summed E-state index contributed by atoms with van der Waals surface area (Å²) < 4.78 is 11.5. The lowest BCUT2D eigenvalue weighted by atomic mass is 10.0. The van der Waals surface area contributed by atoms with Crippen LogP contribution in [-0.4, -0.2) is 42.3 Å². The van der Waals surface area contributed by atoms with Crippen LogP contribution in [0.3, 0.4) is 0 Å². The molecule has 1 aromatic heterocycles. The van der Waals surface area contributed by atoms with Crippen LogP contribution in [0.5, 0.6) is 5.75 Å². The lowest BCUT2D eigenvalue weighted by Gasteiger charge is -2.30. The fourth-order valence-corrected chi connectivity index (χ4v) is 4.02. The fraction of sp³-hybridized carbons (Fsp3) is 0.375. The molecule has 3 aromatic rings. The maximum Gasteiger partial charge on any atom is 0.410 e. The van der Waals surface area contributed by atoms with Gasteiger partial charge in [0.15, 0.2) is 0 Å². The highest BCUT2D eigenvalue weighted by Crippen LogP contribution is 2.29. The van der Waals surface area contributed by atoms with Gasteiger partial charge >= 0.3 is 6.09 Å². The Labute approximate surface area is 244 Å². The molecule has 3 rings (SSSR count). The lowest BCUT2D eigenvalue weighted by molar-refractivity contribution is 0.0804. The first kappa shape index (κ1) is 32.5. The minimum Gasteiger partial charge on any atom is -0.492 e. The van der Waals surface area contributed by atoms with Gasteiger partial charge in [-0.15, -0.1) is 0 Å². The topological polar surface area (TPSA) is 89.7 Å². The number of hydrogen-bond acceptors (Lipinski definition) is 6. The number of carbonyl (C=O) groups is 1. The van der Waals surface area contributed by atoms with Crippen LogP contribution < -0.4 is 15.8 Å². The highest BCUT2D eigenvalue weighted by Gasteiger charge is 2.24. The summed E-state index contributed by atoms with van der Waals surface area (Å²) in [6, 6.07) is 16.7. The summed E-state index contributed by atoms with van der Waals surface area (Å²) in [4.78, 5) is 18.8. The van der Waals surface area contributed by atoms with Crippen molar-refractivity contribution in [2.45, 2.75) is 47.1 Å². The Kier molecular flexibility index (Phi) is 13.9. The van der Waals surface area contributed by atoms with E-state index in [0.29, 0.717) is 43.4 Å². The monoisotopic (exact) mass is 566 g/mol. The molecule has 8 heteroatoms. The standard InChI is InChI=1S/C30H37ClN4O3.C2H6/c1-21(2)20-38-30(36)35(17-13-22(3)28-19-25(31)7-10-29(28)32)23(4)24-5-8-27(9-6-24)37-18-16-34-26-11-14-33-15-12-26;1-2/h5-12,14-15,19,21,23H,3,13,16-18,20,32H2,1-2,4H3,(H,33,34);1-2H3. The van der Waals surface area contributed by atoms with Gasteiger partial charge < -0.3 is 25.4 Å². The van der Waals surface area contributed by atoms with Crippen LogP contribution in [-0.2, 0) is 4.74 Å². The molecule has 0 bridgehead atoms. The van der Waals surface area contributed by atoms with Crippen LogP contribution in [0.25, 0.3) is 5.57 Å². The number of nitrogens with one attached hydrogen (secondary N) is 1. The van der Waals surface area contributed by atoms with E-state index in [4.69, 9.17) is 26.8 Å². The maximum absolute atomic E-state index is 13.1. The molecule has 1 atom stereocenters. The molecule has 0 saturated carbocycles. The van der Waals surface area contributed by atoms with Gasteiger partial charge in [-0.05, 0) is 72.9 Å². The Morgan fingerprint density at radius 1 is 1.07 bits per heavy atom. The van der Waals surface area contributed by atoms with E-state index in [1.807, 2.05) is 71.0 Å². The molecule has 0 aliphatic carbocycles. The predicted octanol–water partition coefficient (Wildman–Crippen LogP) is 8.09. The zero-order valence-corrected chi connectivity index (χ0v) is 25.1. The quantitative estimate of drug-likeness (QED) is 0.160. The number of benzene rings is 2. The van der Waals surface area contributed by atoms with Gasteiger partial charge in [-0.2, -0.15) is 0 Å². The number of amides is 1. The zero-order valence-electron chi connectivity index (χ0n) is 24.3. The van der Waals surface area contributed by atoms with Crippen LogP contribution in [0.15, 0.2) is 73.6 Å². The van der Waals surface area contributed by atoms with Crippen molar-refractivity contribution in [2.75, 3.05) is 37.4 Å². The second-order valence-corrected chi connectivity index (χ2v) is 9.94. The number of halogens is 1. The van der Waals surface area contributed by atoms with Crippen LogP contribution >= 0.6 is 11.6 Å². The number of nitrogen functional groups attached to an aromatic ring is 1. The third-order valence-corrected chi connectivity index (χ3v) is 6.27. The van der Waals surface area contributed by atoms with E-state index < -0.39 is 0 Å². The highest BCUT2D eigenvalue weighted by molar-refractivity contribution is 6.30. The summed E-state index contributed by atoms with van der Waals surface area (Å²) >= 11 is 6.16. The van der Waals surface area contributed by atoms with E-state index in [1.165, 1.54) is 0 Å². The van der Waals surface area contributed by atoms with Gasteiger partial charge in [0.25, 0.3) is 0 Å². The van der Waals surface area contributed by atoms with E-state index in [-0.39, 0.29) is 18.1 Å². The number of aromatic nitrogens is 1. The average molecular weight is 567 g/mol. The number of pyridine rings is 1. The first-order valence-corrected chi connectivity index (χ1v) is 14.2. The SMILES string of the molecule is C=C(CCN(C(=O)OCC(C)C)C(C)c1ccc(OCCNc2ccncc2)cc1)c1cc(Cl)ccc1N.CC.